The van der Waals surface area contributed by atoms with Crippen molar-refractivity contribution in [3.8, 4) is 17.3 Å². The average Bonchev–Trinajstić information content (AvgIpc) is 3.47. The van der Waals surface area contributed by atoms with E-state index in [2.05, 4.69) is 20.3 Å². The lowest BCUT2D eigenvalue weighted by molar-refractivity contribution is -0.119. The quantitative estimate of drug-likeness (QED) is 0.343. The second-order valence-electron chi connectivity index (χ2n) is 10.2. The van der Waals surface area contributed by atoms with Gasteiger partial charge in [-0.3, -0.25) is 4.79 Å². The third kappa shape index (κ3) is 3.98. The number of phenols is 1. The Balaban J connectivity index is 1.39. The number of carbonyl (C=O) groups is 1. The molecule has 0 spiro atoms. The molecule has 4 heterocycles. The zero-order chi connectivity index (χ0) is 25.7. The third-order valence-corrected chi connectivity index (χ3v) is 8.14. The van der Waals surface area contributed by atoms with Crippen molar-refractivity contribution in [1.82, 2.24) is 24.3 Å². The van der Waals surface area contributed by atoms with Crippen molar-refractivity contribution in [2.24, 2.45) is 5.92 Å². The van der Waals surface area contributed by atoms with Crippen molar-refractivity contribution in [3.63, 3.8) is 0 Å². The lowest BCUT2D eigenvalue weighted by Crippen LogP contribution is -2.33. The van der Waals surface area contributed by atoms with Crippen LogP contribution in [0.25, 0.3) is 17.2 Å². The van der Waals surface area contributed by atoms with E-state index in [-0.39, 0.29) is 22.5 Å². The zero-order valence-electron chi connectivity index (χ0n) is 20.5. The molecule has 1 saturated carbocycles. The van der Waals surface area contributed by atoms with Gasteiger partial charge in [0.25, 0.3) is 0 Å². The van der Waals surface area contributed by atoms with E-state index >= 15 is 0 Å². The minimum Gasteiger partial charge on any atom is -0.506 e. The zero-order valence-corrected chi connectivity index (χ0v) is 21.3. The van der Waals surface area contributed by atoms with Gasteiger partial charge in [-0.1, -0.05) is 49.8 Å². The molecular weight excluding hydrogens is 490 g/mol. The number of anilines is 2. The summed E-state index contributed by atoms with van der Waals surface area (Å²) in [7, 11) is 0. The predicted molar refractivity (Wildman–Crippen MR) is 142 cm³/mol. The molecule has 2 aliphatic rings. The first-order valence-electron chi connectivity index (χ1n) is 12.7. The number of aromatic nitrogens is 5. The van der Waals surface area contributed by atoms with Crippen molar-refractivity contribution in [2.75, 3.05) is 11.1 Å². The van der Waals surface area contributed by atoms with E-state index in [1.165, 1.54) is 38.2 Å². The summed E-state index contributed by atoms with van der Waals surface area (Å²) in [5.41, 5.74) is 8.66. The van der Waals surface area contributed by atoms with Crippen LogP contribution in [0.4, 0.5) is 11.6 Å². The van der Waals surface area contributed by atoms with Gasteiger partial charge in [-0.15, -0.1) is 0 Å². The summed E-state index contributed by atoms with van der Waals surface area (Å²) in [5.74, 6) is 1.22. The fraction of sp³-hybridized carbons (Fsp3) is 0.370. The maximum atomic E-state index is 13.2. The molecule has 9 nitrogen and oxygen atoms in total. The lowest BCUT2D eigenvalue weighted by Gasteiger charge is -2.23. The number of aromatic hydroxyl groups is 1. The number of amides is 1. The summed E-state index contributed by atoms with van der Waals surface area (Å²) < 4.78 is 1.94. The Morgan fingerprint density at radius 3 is 2.81 bits per heavy atom. The molecule has 1 fully saturated rings. The molecule has 0 bridgehead atoms. The van der Waals surface area contributed by atoms with Gasteiger partial charge in [0, 0.05) is 18.6 Å². The molecule has 0 saturated heterocycles. The van der Waals surface area contributed by atoms with E-state index in [4.69, 9.17) is 22.3 Å². The Morgan fingerprint density at radius 2 is 2.03 bits per heavy atom. The van der Waals surface area contributed by atoms with Crippen molar-refractivity contribution in [3.05, 3.63) is 58.6 Å². The number of hydrogen-bond acceptors (Lipinski definition) is 7. The highest BCUT2D eigenvalue weighted by Gasteiger charge is 2.47. The number of halogens is 1. The Hall–Kier alpha value is -3.72. The number of nitrogens with one attached hydrogen (secondary N) is 1. The lowest BCUT2D eigenvalue weighted by atomic mass is 9.77. The van der Waals surface area contributed by atoms with Gasteiger partial charge in [0.05, 0.1) is 16.3 Å². The molecular formula is C27H28ClN7O2. The van der Waals surface area contributed by atoms with Gasteiger partial charge in [-0.2, -0.15) is 0 Å². The Bertz CT molecular complexity index is 1530. The summed E-state index contributed by atoms with van der Waals surface area (Å²) in [5, 5.41) is 12.9. The molecule has 4 N–H and O–H groups in total. The molecule has 6 rings (SSSR count). The standard InChI is InChI=1S/C27H28ClN7O2/c1-27(16-8-10-20(36)17(28)13-16)21-22(29)32-23(33-24(21)34-26(27)37)19-14-35-12-11-30-25(35)18(31-19)9-7-15-5-3-2-4-6-15/h8,10-15,36H,2-7,9H2,1H3,(H3,29,32,33,34,37)/t27-/m0/s1. The van der Waals surface area contributed by atoms with Crippen LogP contribution in [0.3, 0.4) is 0 Å². The first kappa shape index (κ1) is 23.7. The number of fused-ring (bicyclic) bond motifs is 2. The normalized spacial score (nSPS) is 19.8. The van der Waals surface area contributed by atoms with Gasteiger partial charge in [0.15, 0.2) is 11.5 Å². The van der Waals surface area contributed by atoms with Crippen LogP contribution in [0.15, 0.2) is 36.8 Å². The Kier molecular flexibility index (Phi) is 5.75. The first-order chi connectivity index (χ1) is 17.8. The summed E-state index contributed by atoms with van der Waals surface area (Å²) in [6.45, 7) is 1.75. The largest absolute Gasteiger partial charge is 0.506 e. The molecule has 190 valence electrons. The number of hydrogen-bond donors (Lipinski definition) is 3. The number of aryl methyl sites for hydroxylation is 1. The van der Waals surface area contributed by atoms with E-state index in [1.54, 1.807) is 25.3 Å². The number of phenolic OH excluding ortho intramolecular Hbond substituents is 1. The Morgan fingerprint density at radius 1 is 1.22 bits per heavy atom. The van der Waals surface area contributed by atoms with Gasteiger partial charge in [-0.25, -0.2) is 19.9 Å². The molecule has 3 aromatic heterocycles. The van der Waals surface area contributed by atoms with Crippen LogP contribution in [0.2, 0.25) is 5.02 Å². The molecule has 1 aliphatic carbocycles. The second-order valence-corrected chi connectivity index (χ2v) is 10.6. The van der Waals surface area contributed by atoms with E-state index in [0.717, 1.165) is 30.1 Å². The number of benzene rings is 1. The van der Waals surface area contributed by atoms with Gasteiger partial charge >= 0.3 is 0 Å². The van der Waals surface area contributed by atoms with Crippen LogP contribution in [0, 0.1) is 5.92 Å². The second kappa shape index (κ2) is 8.99. The van der Waals surface area contributed by atoms with E-state index in [0.29, 0.717) is 28.5 Å². The van der Waals surface area contributed by atoms with Crippen molar-refractivity contribution in [2.45, 2.75) is 57.3 Å². The van der Waals surface area contributed by atoms with Crippen molar-refractivity contribution >= 4 is 34.8 Å². The number of nitrogen functional groups attached to an aromatic ring is 1. The molecule has 0 unspecified atom stereocenters. The van der Waals surface area contributed by atoms with E-state index < -0.39 is 5.41 Å². The minimum absolute atomic E-state index is 0.0625. The highest BCUT2D eigenvalue weighted by Crippen LogP contribution is 2.46. The van der Waals surface area contributed by atoms with Crippen LogP contribution in [-0.4, -0.2) is 35.4 Å². The first-order valence-corrected chi connectivity index (χ1v) is 13.0. The van der Waals surface area contributed by atoms with Gasteiger partial charge < -0.3 is 20.6 Å². The smallest absolute Gasteiger partial charge is 0.240 e. The van der Waals surface area contributed by atoms with Crippen LogP contribution >= 0.6 is 11.6 Å². The molecule has 1 aliphatic heterocycles. The van der Waals surface area contributed by atoms with Gasteiger partial charge in [0.1, 0.15) is 28.5 Å². The molecule has 37 heavy (non-hydrogen) atoms. The molecule has 4 aromatic rings. The average molecular weight is 518 g/mol. The van der Waals surface area contributed by atoms with E-state index in [9.17, 15) is 9.90 Å². The van der Waals surface area contributed by atoms with E-state index in [1.807, 2.05) is 16.8 Å². The van der Waals surface area contributed by atoms with Crippen LogP contribution < -0.4 is 11.1 Å². The summed E-state index contributed by atoms with van der Waals surface area (Å²) in [6.07, 6.45) is 13.9. The molecule has 10 heteroatoms. The van der Waals surface area contributed by atoms with Crippen LogP contribution in [-0.2, 0) is 16.6 Å². The monoisotopic (exact) mass is 517 g/mol. The number of nitrogens with two attached hydrogens (primary N) is 1. The van der Waals surface area contributed by atoms with Gasteiger partial charge in [0.2, 0.25) is 5.91 Å². The highest BCUT2D eigenvalue weighted by molar-refractivity contribution is 6.32. The number of imidazole rings is 1. The fourth-order valence-electron chi connectivity index (χ4n) is 5.70. The Labute approximate surface area is 219 Å². The SMILES string of the molecule is C[C@@]1(c2ccc(O)c(Cl)c2)C(=O)Nc2nc(-c3cn4ccnc4c(CCC4CCCCC4)n3)nc(N)c21. The third-order valence-electron chi connectivity index (χ3n) is 7.83. The van der Waals surface area contributed by atoms with Crippen molar-refractivity contribution in [1.29, 1.82) is 0 Å². The number of rotatable bonds is 5. The summed E-state index contributed by atoms with van der Waals surface area (Å²) in [4.78, 5) is 31.9. The summed E-state index contributed by atoms with van der Waals surface area (Å²) >= 11 is 6.14. The van der Waals surface area contributed by atoms with Crippen molar-refractivity contribution < 1.29 is 9.90 Å². The fourth-order valence-corrected chi connectivity index (χ4v) is 5.88. The number of nitrogens with zero attached hydrogens (tertiary/aromatic N) is 5. The molecule has 0 radical (unpaired) electrons. The van der Waals surface area contributed by atoms with Crippen LogP contribution in [0.5, 0.6) is 5.75 Å². The van der Waals surface area contributed by atoms with Crippen LogP contribution in [0.1, 0.15) is 62.3 Å². The highest BCUT2D eigenvalue weighted by atomic mass is 35.5. The molecule has 1 amide bonds. The topological polar surface area (TPSA) is 131 Å². The predicted octanol–water partition coefficient (Wildman–Crippen LogP) is 4.90. The maximum absolute atomic E-state index is 13.2. The minimum atomic E-state index is -1.16. The van der Waals surface area contributed by atoms with Gasteiger partial charge in [-0.05, 0) is 43.4 Å². The number of carbonyl (C=O) groups excluding carboxylic acids is 1. The molecule has 1 atom stereocenters. The summed E-state index contributed by atoms with van der Waals surface area (Å²) in [6, 6.07) is 4.67. The molecule has 1 aromatic carbocycles. The maximum Gasteiger partial charge on any atom is 0.240 e.